The van der Waals surface area contributed by atoms with Crippen LogP contribution in [0.5, 0.6) is 5.75 Å². The summed E-state index contributed by atoms with van der Waals surface area (Å²) in [6.07, 6.45) is 1.47. The van der Waals surface area contributed by atoms with Gasteiger partial charge >= 0.3 is 0 Å². The third-order valence-electron chi connectivity index (χ3n) is 5.13. The molecule has 31 heavy (non-hydrogen) atoms. The minimum atomic E-state index is -3.57. The van der Waals surface area contributed by atoms with Crippen molar-refractivity contribution in [3.8, 4) is 17.0 Å². The molecule has 2 aromatic carbocycles. The van der Waals surface area contributed by atoms with Crippen LogP contribution in [0.15, 0.2) is 65.8 Å². The lowest BCUT2D eigenvalue weighted by Crippen LogP contribution is -2.48. The van der Waals surface area contributed by atoms with Crippen molar-refractivity contribution in [1.82, 2.24) is 14.3 Å². The molecular weight excluding hydrogens is 419 g/mol. The molecule has 162 valence electrons. The minimum Gasteiger partial charge on any atom is -0.494 e. The molecule has 0 spiro atoms. The SMILES string of the molecule is CCOc1ccc(S(=O)(=O)N2CCN(c3cc(-c4ccc(F)cc4)ncn3)CC2)cc1. The normalized spacial score (nSPS) is 15.1. The van der Waals surface area contributed by atoms with Crippen LogP contribution in [0.2, 0.25) is 0 Å². The van der Waals surface area contributed by atoms with Crippen LogP contribution in [-0.2, 0) is 10.0 Å². The second-order valence-corrected chi connectivity index (χ2v) is 9.00. The van der Waals surface area contributed by atoms with Gasteiger partial charge in [0.05, 0.1) is 17.2 Å². The van der Waals surface area contributed by atoms with Gasteiger partial charge < -0.3 is 9.64 Å². The highest BCUT2D eigenvalue weighted by molar-refractivity contribution is 7.89. The summed E-state index contributed by atoms with van der Waals surface area (Å²) in [5.74, 6) is 1.06. The van der Waals surface area contributed by atoms with Crippen LogP contribution in [0.3, 0.4) is 0 Å². The highest BCUT2D eigenvalue weighted by Crippen LogP contribution is 2.24. The predicted molar refractivity (Wildman–Crippen MR) is 116 cm³/mol. The Bertz CT molecular complexity index is 1130. The third kappa shape index (κ3) is 4.67. The van der Waals surface area contributed by atoms with Gasteiger partial charge in [-0.3, -0.25) is 0 Å². The van der Waals surface area contributed by atoms with E-state index in [1.165, 1.54) is 22.8 Å². The summed E-state index contributed by atoms with van der Waals surface area (Å²) in [4.78, 5) is 10.9. The molecule has 0 aliphatic carbocycles. The van der Waals surface area contributed by atoms with Gasteiger partial charge in [-0.25, -0.2) is 22.8 Å². The molecule has 1 aliphatic heterocycles. The summed E-state index contributed by atoms with van der Waals surface area (Å²) in [5, 5.41) is 0. The zero-order chi connectivity index (χ0) is 21.8. The molecule has 0 atom stereocenters. The lowest BCUT2D eigenvalue weighted by molar-refractivity contribution is 0.340. The number of anilines is 1. The van der Waals surface area contributed by atoms with Crippen molar-refractivity contribution in [3.63, 3.8) is 0 Å². The molecule has 0 amide bonds. The molecule has 0 saturated carbocycles. The van der Waals surface area contributed by atoms with Crippen LogP contribution in [0.25, 0.3) is 11.3 Å². The molecule has 1 aliphatic rings. The van der Waals surface area contributed by atoms with E-state index in [2.05, 4.69) is 9.97 Å². The van der Waals surface area contributed by atoms with Crippen molar-refractivity contribution in [1.29, 1.82) is 0 Å². The molecule has 9 heteroatoms. The number of rotatable bonds is 6. The van der Waals surface area contributed by atoms with Crippen LogP contribution in [0.4, 0.5) is 10.2 Å². The number of halogens is 1. The predicted octanol–water partition coefficient (Wildman–Crippen LogP) is 3.19. The van der Waals surface area contributed by atoms with Crippen LogP contribution in [0, 0.1) is 5.82 Å². The van der Waals surface area contributed by atoms with Crippen molar-refractivity contribution >= 4 is 15.8 Å². The van der Waals surface area contributed by atoms with Gasteiger partial charge in [-0.05, 0) is 55.5 Å². The Hall–Kier alpha value is -3.04. The first-order valence-electron chi connectivity index (χ1n) is 10.0. The maximum absolute atomic E-state index is 13.2. The number of ether oxygens (including phenoxy) is 1. The zero-order valence-corrected chi connectivity index (χ0v) is 17.9. The number of aromatic nitrogens is 2. The monoisotopic (exact) mass is 442 g/mol. The van der Waals surface area contributed by atoms with Crippen molar-refractivity contribution in [3.05, 3.63) is 66.7 Å². The molecule has 0 bridgehead atoms. The Balaban J connectivity index is 1.45. The summed E-state index contributed by atoms with van der Waals surface area (Å²) in [6, 6.07) is 14.5. The summed E-state index contributed by atoms with van der Waals surface area (Å²) in [6.45, 7) is 4.13. The van der Waals surface area contributed by atoms with Gasteiger partial charge in [0.25, 0.3) is 0 Å². The fourth-order valence-electron chi connectivity index (χ4n) is 3.48. The number of piperazine rings is 1. The zero-order valence-electron chi connectivity index (χ0n) is 17.1. The van der Waals surface area contributed by atoms with Crippen molar-refractivity contribution < 1.29 is 17.5 Å². The van der Waals surface area contributed by atoms with Gasteiger partial charge in [0, 0.05) is 37.8 Å². The highest BCUT2D eigenvalue weighted by atomic mass is 32.2. The molecule has 1 saturated heterocycles. The average Bonchev–Trinajstić information content (AvgIpc) is 2.80. The fourth-order valence-corrected chi connectivity index (χ4v) is 4.90. The third-order valence-corrected chi connectivity index (χ3v) is 7.04. The van der Waals surface area contributed by atoms with Gasteiger partial charge in [0.2, 0.25) is 10.0 Å². The Morgan fingerprint density at radius 2 is 1.65 bits per heavy atom. The quantitative estimate of drug-likeness (QED) is 0.584. The molecule has 0 unspecified atom stereocenters. The lowest BCUT2D eigenvalue weighted by Gasteiger charge is -2.34. The molecule has 0 N–H and O–H groups in total. The maximum atomic E-state index is 13.2. The van der Waals surface area contributed by atoms with Crippen molar-refractivity contribution in [2.75, 3.05) is 37.7 Å². The molecule has 2 heterocycles. The van der Waals surface area contributed by atoms with E-state index in [0.717, 1.165) is 5.56 Å². The van der Waals surface area contributed by atoms with Crippen molar-refractivity contribution in [2.45, 2.75) is 11.8 Å². The average molecular weight is 443 g/mol. The van der Waals surface area contributed by atoms with E-state index in [4.69, 9.17) is 4.74 Å². The first kappa shape index (κ1) is 21.2. The number of benzene rings is 2. The summed E-state index contributed by atoms with van der Waals surface area (Å²) >= 11 is 0. The van der Waals surface area contributed by atoms with E-state index in [-0.39, 0.29) is 10.7 Å². The first-order chi connectivity index (χ1) is 15.0. The summed E-state index contributed by atoms with van der Waals surface area (Å²) in [5.41, 5.74) is 1.48. The standard InChI is InChI=1S/C22H23FN4O3S/c1-2-30-19-7-9-20(10-8-19)31(28,29)27-13-11-26(12-14-27)22-15-21(24-16-25-22)17-3-5-18(23)6-4-17/h3-10,15-16H,2,11-14H2,1H3. The second kappa shape index (κ2) is 8.99. The van der Waals surface area contributed by atoms with E-state index < -0.39 is 10.0 Å². The van der Waals surface area contributed by atoms with Gasteiger partial charge in [-0.15, -0.1) is 0 Å². The molecule has 4 rings (SSSR count). The minimum absolute atomic E-state index is 0.255. The van der Waals surface area contributed by atoms with Crippen LogP contribution >= 0.6 is 0 Å². The Kier molecular flexibility index (Phi) is 6.15. The molecule has 1 aromatic heterocycles. The van der Waals surface area contributed by atoms with Crippen LogP contribution in [0.1, 0.15) is 6.92 Å². The van der Waals surface area contributed by atoms with E-state index in [1.807, 2.05) is 17.9 Å². The van der Waals surface area contributed by atoms with Gasteiger partial charge in [-0.1, -0.05) is 0 Å². The van der Waals surface area contributed by atoms with Crippen LogP contribution in [-0.4, -0.2) is 55.5 Å². The smallest absolute Gasteiger partial charge is 0.243 e. The topological polar surface area (TPSA) is 75.6 Å². The second-order valence-electron chi connectivity index (χ2n) is 7.06. The van der Waals surface area contributed by atoms with Crippen molar-refractivity contribution in [2.24, 2.45) is 0 Å². The summed E-state index contributed by atoms with van der Waals surface area (Å²) in [7, 11) is -3.57. The maximum Gasteiger partial charge on any atom is 0.243 e. The Morgan fingerprint density at radius 3 is 2.29 bits per heavy atom. The van der Waals surface area contributed by atoms with Gasteiger partial charge in [0.15, 0.2) is 0 Å². The molecule has 0 radical (unpaired) electrons. The lowest BCUT2D eigenvalue weighted by atomic mass is 10.1. The molecule has 1 fully saturated rings. The number of sulfonamides is 1. The van der Waals surface area contributed by atoms with E-state index in [1.54, 1.807) is 36.4 Å². The number of hydrogen-bond donors (Lipinski definition) is 0. The molecule has 3 aromatic rings. The summed E-state index contributed by atoms with van der Waals surface area (Å²) < 4.78 is 46.0. The van der Waals surface area contributed by atoms with E-state index >= 15 is 0 Å². The first-order valence-corrected chi connectivity index (χ1v) is 11.5. The Labute approximate surface area is 181 Å². The fraction of sp³-hybridized carbons (Fsp3) is 0.273. The van der Waals surface area contributed by atoms with E-state index in [9.17, 15) is 12.8 Å². The number of hydrogen-bond acceptors (Lipinski definition) is 6. The molecule has 7 nitrogen and oxygen atoms in total. The van der Waals surface area contributed by atoms with Gasteiger partial charge in [-0.2, -0.15) is 4.31 Å². The number of nitrogens with zero attached hydrogens (tertiary/aromatic N) is 4. The highest BCUT2D eigenvalue weighted by Gasteiger charge is 2.29. The van der Waals surface area contributed by atoms with E-state index in [0.29, 0.717) is 50.0 Å². The van der Waals surface area contributed by atoms with Gasteiger partial charge in [0.1, 0.15) is 23.7 Å². The Morgan fingerprint density at radius 1 is 0.968 bits per heavy atom. The van der Waals surface area contributed by atoms with Crippen LogP contribution < -0.4 is 9.64 Å². The largest absolute Gasteiger partial charge is 0.494 e. The molecular formula is C22H23FN4O3S.